The SMILES string of the molecule is CCCN(CC(=O)N1CCc2sccc2C1COc1ccccc1)C(=O)C1CC1. The minimum atomic E-state index is -0.114. The Kier molecular flexibility index (Phi) is 6.19. The van der Waals surface area contributed by atoms with Crippen molar-refractivity contribution in [3.05, 3.63) is 52.2 Å². The first-order valence-corrected chi connectivity index (χ1v) is 11.4. The lowest BCUT2D eigenvalue weighted by molar-refractivity contribution is -0.143. The van der Waals surface area contributed by atoms with Crippen LogP contribution in [-0.4, -0.2) is 47.9 Å². The highest BCUT2D eigenvalue weighted by Gasteiger charge is 2.36. The topological polar surface area (TPSA) is 49.9 Å². The number of rotatable bonds is 8. The number of fused-ring (bicyclic) bond motifs is 1. The average Bonchev–Trinajstić information content (AvgIpc) is 3.48. The Morgan fingerprint density at radius 3 is 2.72 bits per heavy atom. The van der Waals surface area contributed by atoms with E-state index in [0.717, 1.165) is 31.4 Å². The average molecular weight is 413 g/mol. The number of ether oxygens (including phenoxy) is 1. The second kappa shape index (κ2) is 8.99. The van der Waals surface area contributed by atoms with E-state index in [4.69, 9.17) is 4.74 Å². The van der Waals surface area contributed by atoms with Gasteiger partial charge in [0.2, 0.25) is 11.8 Å². The van der Waals surface area contributed by atoms with E-state index >= 15 is 0 Å². The molecule has 2 heterocycles. The fraction of sp³-hybridized carbons (Fsp3) is 0.478. The normalized spacial score (nSPS) is 18.2. The molecule has 5 nitrogen and oxygen atoms in total. The summed E-state index contributed by atoms with van der Waals surface area (Å²) in [4.78, 5) is 30.9. The van der Waals surface area contributed by atoms with Gasteiger partial charge in [-0.15, -0.1) is 11.3 Å². The van der Waals surface area contributed by atoms with Crippen LogP contribution in [0.15, 0.2) is 41.8 Å². The molecule has 1 aromatic carbocycles. The van der Waals surface area contributed by atoms with Gasteiger partial charge in [0.15, 0.2) is 0 Å². The molecule has 2 aliphatic rings. The van der Waals surface area contributed by atoms with Crippen LogP contribution >= 0.6 is 11.3 Å². The first-order valence-electron chi connectivity index (χ1n) is 10.5. The minimum absolute atomic E-state index is 0.0194. The van der Waals surface area contributed by atoms with Gasteiger partial charge in [0.1, 0.15) is 12.4 Å². The van der Waals surface area contributed by atoms with Gasteiger partial charge in [-0.2, -0.15) is 0 Å². The highest BCUT2D eigenvalue weighted by molar-refractivity contribution is 7.10. The molecule has 2 aromatic rings. The molecule has 1 saturated carbocycles. The summed E-state index contributed by atoms with van der Waals surface area (Å²) in [6.45, 7) is 3.96. The van der Waals surface area contributed by atoms with Crippen molar-refractivity contribution in [2.45, 2.75) is 38.6 Å². The maximum Gasteiger partial charge on any atom is 0.242 e. The first-order chi connectivity index (χ1) is 14.2. The van der Waals surface area contributed by atoms with E-state index in [0.29, 0.717) is 19.7 Å². The molecule has 1 unspecified atom stereocenters. The van der Waals surface area contributed by atoms with Crippen molar-refractivity contribution in [1.82, 2.24) is 9.80 Å². The smallest absolute Gasteiger partial charge is 0.242 e. The first kappa shape index (κ1) is 20.0. The molecule has 0 bridgehead atoms. The monoisotopic (exact) mass is 412 g/mol. The predicted molar refractivity (Wildman–Crippen MR) is 114 cm³/mol. The number of amides is 2. The molecule has 0 N–H and O–H groups in total. The van der Waals surface area contributed by atoms with Crippen LogP contribution in [0.3, 0.4) is 0 Å². The molecule has 6 heteroatoms. The van der Waals surface area contributed by atoms with Crippen LogP contribution in [-0.2, 0) is 16.0 Å². The second-order valence-electron chi connectivity index (χ2n) is 7.81. The van der Waals surface area contributed by atoms with Gasteiger partial charge in [-0.1, -0.05) is 25.1 Å². The Bertz CT molecular complexity index is 847. The van der Waals surface area contributed by atoms with Crippen molar-refractivity contribution < 1.29 is 14.3 Å². The number of carbonyl (C=O) groups excluding carboxylic acids is 2. The molecule has 0 saturated heterocycles. The highest BCUT2D eigenvalue weighted by atomic mass is 32.1. The van der Waals surface area contributed by atoms with Gasteiger partial charge in [-0.3, -0.25) is 9.59 Å². The number of thiophene rings is 1. The summed E-state index contributed by atoms with van der Waals surface area (Å²) in [5.74, 6) is 1.10. The molecule has 1 aliphatic heterocycles. The Balaban J connectivity index is 1.48. The van der Waals surface area contributed by atoms with Crippen molar-refractivity contribution >= 4 is 23.2 Å². The lowest BCUT2D eigenvalue weighted by Gasteiger charge is -2.37. The zero-order valence-corrected chi connectivity index (χ0v) is 17.7. The van der Waals surface area contributed by atoms with Gasteiger partial charge in [-0.05, 0) is 54.8 Å². The molecule has 1 fully saturated rings. The molecule has 154 valence electrons. The summed E-state index contributed by atoms with van der Waals surface area (Å²) in [7, 11) is 0. The van der Waals surface area contributed by atoms with Crippen LogP contribution in [0.25, 0.3) is 0 Å². The van der Waals surface area contributed by atoms with E-state index in [1.54, 1.807) is 16.2 Å². The lowest BCUT2D eigenvalue weighted by atomic mass is 10.0. The molecular formula is C23H28N2O3S. The lowest BCUT2D eigenvalue weighted by Crippen LogP contribution is -2.48. The van der Waals surface area contributed by atoms with Crippen LogP contribution in [0.4, 0.5) is 0 Å². The van der Waals surface area contributed by atoms with Crippen LogP contribution in [0.2, 0.25) is 0 Å². The van der Waals surface area contributed by atoms with Gasteiger partial charge < -0.3 is 14.5 Å². The quantitative estimate of drug-likeness (QED) is 0.661. The van der Waals surface area contributed by atoms with E-state index in [9.17, 15) is 9.59 Å². The zero-order chi connectivity index (χ0) is 20.2. The summed E-state index contributed by atoms with van der Waals surface area (Å²) >= 11 is 1.75. The summed E-state index contributed by atoms with van der Waals surface area (Å²) in [5.41, 5.74) is 1.18. The third-order valence-electron chi connectivity index (χ3n) is 5.62. The Morgan fingerprint density at radius 2 is 2.00 bits per heavy atom. The third-order valence-corrected chi connectivity index (χ3v) is 6.62. The van der Waals surface area contributed by atoms with Crippen molar-refractivity contribution in [1.29, 1.82) is 0 Å². The number of nitrogens with zero attached hydrogens (tertiary/aromatic N) is 2. The molecule has 2 amide bonds. The summed E-state index contributed by atoms with van der Waals surface area (Å²) < 4.78 is 6.03. The van der Waals surface area contributed by atoms with E-state index in [2.05, 4.69) is 11.4 Å². The van der Waals surface area contributed by atoms with Crippen molar-refractivity contribution in [2.24, 2.45) is 5.92 Å². The molecule has 0 spiro atoms. The number of hydrogen-bond donors (Lipinski definition) is 0. The molecule has 29 heavy (non-hydrogen) atoms. The van der Waals surface area contributed by atoms with Gasteiger partial charge >= 0.3 is 0 Å². The fourth-order valence-corrected chi connectivity index (χ4v) is 4.87. The van der Waals surface area contributed by atoms with E-state index < -0.39 is 0 Å². The van der Waals surface area contributed by atoms with E-state index in [1.165, 1.54) is 10.4 Å². The summed E-state index contributed by atoms with van der Waals surface area (Å²) in [6.07, 6.45) is 3.65. The highest BCUT2D eigenvalue weighted by Crippen LogP contribution is 2.35. The molecule has 1 aliphatic carbocycles. The standard InChI is InChI=1S/C23H28N2O3S/c1-2-12-24(23(27)17-8-9-17)15-22(26)25-13-10-21-19(11-14-29-21)20(25)16-28-18-6-4-3-5-7-18/h3-7,11,14,17,20H,2,8-10,12-13,15-16H2,1H3. The zero-order valence-electron chi connectivity index (χ0n) is 16.9. The van der Waals surface area contributed by atoms with Gasteiger partial charge in [-0.25, -0.2) is 0 Å². The molecular weight excluding hydrogens is 384 g/mol. The Labute approximate surface area is 176 Å². The number of hydrogen-bond acceptors (Lipinski definition) is 4. The Hall–Kier alpha value is -2.34. The largest absolute Gasteiger partial charge is 0.491 e. The predicted octanol–water partition coefficient (Wildman–Crippen LogP) is 3.90. The van der Waals surface area contributed by atoms with Crippen LogP contribution in [0, 0.1) is 5.92 Å². The summed E-state index contributed by atoms with van der Waals surface area (Å²) in [5, 5.41) is 2.09. The number of carbonyl (C=O) groups is 2. The van der Waals surface area contributed by atoms with Gasteiger partial charge in [0, 0.05) is 23.9 Å². The third kappa shape index (κ3) is 4.64. The van der Waals surface area contributed by atoms with Crippen LogP contribution < -0.4 is 4.74 Å². The van der Waals surface area contributed by atoms with Crippen LogP contribution in [0.1, 0.15) is 42.7 Å². The number of para-hydroxylation sites is 1. The van der Waals surface area contributed by atoms with E-state index in [1.807, 2.05) is 42.2 Å². The van der Waals surface area contributed by atoms with Crippen molar-refractivity contribution in [3.8, 4) is 5.75 Å². The van der Waals surface area contributed by atoms with Crippen LogP contribution in [0.5, 0.6) is 5.75 Å². The fourth-order valence-electron chi connectivity index (χ4n) is 3.95. The second-order valence-corrected chi connectivity index (χ2v) is 8.81. The van der Waals surface area contributed by atoms with Gasteiger partial charge in [0.05, 0.1) is 12.6 Å². The number of benzene rings is 1. The van der Waals surface area contributed by atoms with Gasteiger partial charge in [0.25, 0.3) is 0 Å². The maximum atomic E-state index is 13.3. The summed E-state index contributed by atoms with van der Waals surface area (Å²) in [6, 6.07) is 11.7. The molecule has 1 aromatic heterocycles. The molecule has 0 radical (unpaired) electrons. The van der Waals surface area contributed by atoms with Crippen molar-refractivity contribution in [3.63, 3.8) is 0 Å². The molecule has 4 rings (SSSR count). The van der Waals surface area contributed by atoms with E-state index in [-0.39, 0.29) is 30.3 Å². The minimum Gasteiger partial charge on any atom is -0.491 e. The van der Waals surface area contributed by atoms with Crippen molar-refractivity contribution in [2.75, 3.05) is 26.2 Å². The Morgan fingerprint density at radius 1 is 1.21 bits per heavy atom. The maximum absolute atomic E-state index is 13.3. The molecule has 1 atom stereocenters.